The fourth-order valence-corrected chi connectivity index (χ4v) is 4.11. The van der Waals surface area contributed by atoms with E-state index in [2.05, 4.69) is 38.1 Å². The van der Waals surface area contributed by atoms with Crippen LogP contribution >= 0.6 is 0 Å². The van der Waals surface area contributed by atoms with Gasteiger partial charge in [0, 0.05) is 32.4 Å². The predicted molar refractivity (Wildman–Crippen MR) is 153 cm³/mol. The number of nitriles is 1. The Morgan fingerprint density at radius 2 is 1.95 bits per heavy atom. The molecule has 2 heterocycles. The van der Waals surface area contributed by atoms with Gasteiger partial charge in [-0.3, -0.25) is 9.36 Å². The van der Waals surface area contributed by atoms with Crippen LogP contribution in [0.2, 0.25) is 0 Å². The molecule has 11 heteroatoms. The van der Waals surface area contributed by atoms with Crippen molar-refractivity contribution in [3.05, 3.63) is 66.6 Å². The van der Waals surface area contributed by atoms with Gasteiger partial charge in [0.2, 0.25) is 11.9 Å². The molecular formula is C28H31N9O2. The van der Waals surface area contributed by atoms with Gasteiger partial charge in [-0.1, -0.05) is 6.58 Å². The van der Waals surface area contributed by atoms with Crippen molar-refractivity contribution in [2.24, 2.45) is 0 Å². The van der Waals surface area contributed by atoms with Crippen molar-refractivity contribution in [1.82, 2.24) is 24.4 Å². The Balaban J connectivity index is 1.73. The Kier molecular flexibility index (Phi) is 8.07. The van der Waals surface area contributed by atoms with E-state index >= 15 is 0 Å². The van der Waals surface area contributed by atoms with E-state index < -0.39 is 0 Å². The summed E-state index contributed by atoms with van der Waals surface area (Å²) in [6.45, 7) is 7.01. The number of aromatic nitrogens is 4. The Morgan fingerprint density at radius 3 is 2.64 bits per heavy atom. The molecule has 0 aliphatic rings. The number of hydrogen-bond donors (Lipinski definition) is 2. The first-order chi connectivity index (χ1) is 18.7. The molecule has 2 aromatic carbocycles. The molecule has 0 fully saturated rings. The second-order valence-electron chi connectivity index (χ2n) is 9.16. The minimum Gasteiger partial charge on any atom is -0.494 e. The molecule has 0 saturated carbocycles. The number of rotatable bonds is 10. The summed E-state index contributed by atoms with van der Waals surface area (Å²) < 4.78 is 7.57. The van der Waals surface area contributed by atoms with E-state index in [4.69, 9.17) is 9.72 Å². The third-order valence-corrected chi connectivity index (χ3v) is 6.12. The number of nitrogens with one attached hydrogen (secondary N) is 2. The summed E-state index contributed by atoms with van der Waals surface area (Å²) >= 11 is 0. The third-order valence-electron chi connectivity index (χ3n) is 6.12. The number of imidazole rings is 1. The molecule has 11 nitrogen and oxygen atoms in total. The van der Waals surface area contributed by atoms with E-state index in [9.17, 15) is 10.1 Å². The first-order valence-corrected chi connectivity index (χ1v) is 12.2. The van der Waals surface area contributed by atoms with Gasteiger partial charge in [-0.2, -0.15) is 10.2 Å². The topological polar surface area (TPSA) is 124 Å². The highest BCUT2D eigenvalue weighted by molar-refractivity contribution is 6.02. The Bertz CT molecular complexity index is 1570. The van der Waals surface area contributed by atoms with Crippen LogP contribution < -0.4 is 20.3 Å². The van der Waals surface area contributed by atoms with Gasteiger partial charge in [-0.15, -0.1) is 0 Å². The molecule has 0 atom stereocenters. The molecule has 0 saturated heterocycles. The maximum Gasteiger partial charge on any atom is 0.247 e. The summed E-state index contributed by atoms with van der Waals surface area (Å²) in [6, 6.07) is 12.9. The number of likely N-dealkylation sites (N-methyl/N-ethyl adjacent to an activating group) is 2. The number of ether oxygens (including phenoxy) is 1. The van der Waals surface area contributed by atoms with Crippen LogP contribution in [-0.4, -0.2) is 71.7 Å². The maximum atomic E-state index is 12.2. The van der Waals surface area contributed by atoms with Crippen molar-refractivity contribution in [3.8, 4) is 17.6 Å². The van der Waals surface area contributed by atoms with Gasteiger partial charge in [0.05, 0.1) is 46.8 Å². The zero-order valence-corrected chi connectivity index (χ0v) is 22.7. The van der Waals surface area contributed by atoms with Gasteiger partial charge >= 0.3 is 0 Å². The molecule has 2 N–H and O–H groups in total. The van der Waals surface area contributed by atoms with Gasteiger partial charge in [0.1, 0.15) is 17.4 Å². The minimum atomic E-state index is -0.328. The van der Waals surface area contributed by atoms with E-state index in [1.165, 1.54) is 6.08 Å². The number of anilines is 4. The lowest BCUT2D eigenvalue weighted by atomic mass is 10.2. The number of aryl methyl sites for hydroxylation is 1. The maximum absolute atomic E-state index is 12.2. The van der Waals surface area contributed by atoms with Crippen molar-refractivity contribution in [2.45, 2.75) is 6.92 Å². The van der Waals surface area contributed by atoms with Crippen LogP contribution in [0, 0.1) is 18.3 Å². The zero-order chi connectivity index (χ0) is 28.1. The van der Waals surface area contributed by atoms with Gasteiger partial charge in [0.15, 0.2) is 0 Å². The summed E-state index contributed by atoms with van der Waals surface area (Å²) in [7, 11) is 7.55. The number of amides is 1. The number of benzene rings is 2. The molecule has 4 rings (SSSR count). The number of methoxy groups -OCH3 is 1. The molecule has 39 heavy (non-hydrogen) atoms. The molecule has 2 aromatic heterocycles. The quantitative estimate of drug-likeness (QED) is 0.297. The fraction of sp³-hybridized carbons (Fsp3) is 0.250. The van der Waals surface area contributed by atoms with Gasteiger partial charge < -0.3 is 25.2 Å². The molecular weight excluding hydrogens is 494 g/mol. The Labute approximate surface area is 227 Å². The average Bonchev–Trinajstić information content (AvgIpc) is 3.26. The van der Waals surface area contributed by atoms with Crippen LogP contribution in [-0.2, 0) is 4.79 Å². The number of nitrogens with zero attached hydrogens (tertiary/aromatic N) is 7. The molecule has 1 amide bonds. The van der Waals surface area contributed by atoms with Crippen LogP contribution in [0.1, 0.15) is 11.4 Å². The molecule has 200 valence electrons. The summed E-state index contributed by atoms with van der Waals surface area (Å²) in [5.74, 6) is 1.85. The SMILES string of the molecule is C=CC(=O)Nc1cc(Nc2nccc(-n3c(C)nc4ccc(C#N)cc43)n2)c(OC)cc1N(C)CCN(C)C. The molecule has 0 unspecified atom stereocenters. The second-order valence-corrected chi connectivity index (χ2v) is 9.16. The lowest BCUT2D eigenvalue weighted by molar-refractivity contribution is -0.111. The van der Waals surface area contributed by atoms with Gasteiger partial charge in [-0.05, 0) is 57.4 Å². The lowest BCUT2D eigenvalue weighted by Crippen LogP contribution is -2.29. The van der Waals surface area contributed by atoms with Crippen LogP contribution in [0.5, 0.6) is 5.75 Å². The summed E-state index contributed by atoms with van der Waals surface area (Å²) in [5.41, 5.74) is 4.01. The van der Waals surface area contributed by atoms with Gasteiger partial charge in [-0.25, -0.2) is 9.97 Å². The van der Waals surface area contributed by atoms with E-state index in [-0.39, 0.29) is 5.91 Å². The largest absolute Gasteiger partial charge is 0.494 e. The first kappa shape index (κ1) is 27.1. The van der Waals surface area contributed by atoms with E-state index in [1.807, 2.05) is 49.7 Å². The molecule has 0 aliphatic carbocycles. The predicted octanol–water partition coefficient (Wildman–Crippen LogP) is 3.87. The van der Waals surface area contributed by atoms with Crippen LogP contribution in [0.3, 0.4) is 0 Å². The molecule has 0 radical (unpaired) electrons. The highest BCUT2D eigenvalue weighted by Crippen LogP contribution is 2.38. The monoisotopic (exact) mass is 525 g/mol. The third kappa shape index (κ3) is 5.97. The summed E-state index contributed by atoms with van der Waals surface area (Å²) in [5, 5.41) is 15.5. The van der Waals surface area contributed by atoms with Crippen molar-refractivity contribution < 1.29 is 9.53 Å². The number of hydrogen-bond acceptors (Lipinski definition) is 9. The molecule has 0 spiro atoms. The van der Waals surface area contributed by atoms with Crippen molar-refractivity contribution >= 4 is 40.0 Å². The highest BCUT2D eigenvalue weighted by atomic mass is 16.5. The van der Waals surface area contributed by atoms with Crippen LogP contribution in [0.15, 0.2) is 55.3 Å². The normalized spacial score (nSPS) is 10.8. The number of carbonyl (C=O) groups excluding carboxylic acids is 1. The molecule has 0 bridgehead atoms. The van der Waals surface area contributed by atoms with Crippen molar-refractivity contribution in [2.75, 3.05) is 56.9 Å². The van der Waals surface area contributed by atoms with Crippen molar-refractivity contribution in [1.29, 1.82) is 5.26 Å². The Morgan fingerprint density at radius 1 is 1.15 bits per heavy atom. The van der Waals surface area contributed by atoms with E-state index in [0.29, 0.717) is 34.5 Å². The number of fused-ring (bicyclic) bond motifs is 1. The van der Waals surface area contributed by atoms with E-state index in [0.717, 1.165) is 35.6 Å². The summed E-state index contributed by atoms with van der Waals surface area (Å²) in [4.78, 5) is 30.1. The standard InChI is InChI=1S/C28H31N9O2/c1-7-27(38)32-21-15-22(25(39-6)16-23(21)36(5)13-12-35(3)4)33-28-30-11-10-26(34-28)37-18(2)31-20-9-8-19(17-29)14-24(20)37/h7-11,14-16H,1,12-13H2,2-6H3,(H,32,38)(H,30,33,34). The molecule has 4 aromatic rings. The molecule has 0 aliphatic heterocycles. The van der Waals surface area contributed by atoms with E-state index in [1.54, 1.807) is 37.6 Å². The highest BCUT2D eigenvalue weighted by Gasteiger charge is 2.17. The summed E-state index contributed by atoms with van der Waals surface area (Å²) in [6.07, 6.45) is 2.86. The van der Waals surface area contributed by atoms with Crippen LogP contribution in [0.4, 0.5) is 23.0 Å². The number of carbonyl (C=O) groups is 1. The Hall–Kier alpha value is -4.95. The average molecular weight is 526 g/mol. The lowest BCUT2D eigenvalue weighted by Gasteiger charge is -2.26. The van der Waals surface area contributed by atoms with Crippen molar-refractivity contribution in [3.63, 3.8) is 0 Å². The zero-order valence-electron chi connectivity index (χ0n) is 22.7. The fourth-order valence-electron chi connectivity index (χ4n) is 4.11. The second kappa shape index (κ2) is 11.6. The smallest absolute Gasteiger partial charge is 0.247 e. The van der Waals surface area contributed by atoms with Gasteiger partial charge in [0.25, 0.3) is 0 Å². The van der Waals surface area contributed by atoms with Crippen LogP contribution in [0.25, 0.3) is 16.9 Å². The first-order valence-electron chi connectivity index (χ1n) is 12.2. The minimum absolute atomic E-state index is 0.318.